The molecule has 1 atom stereocenters. The zero-order valence-corrected chi connectivity index (χ0v) is 6.73. The SMILES string of the molecule is NS(=O)(=O)CC1CNC(=O)C1. The molecular weight excluding hydrogens is 168 g/mol. The Balaban J connectivity index is 2.47. The van der Waals surface area contributed by atoms with Crippen molar-refractivity contribution in [2.75, 3.05) is 12.3 Å². The van der Waals surface area contributed by atoms with Gasteiger partial charge < -0.3 is 5.32 Å². The summed E-state index contributed by atoms with van der Waals surface area (Å²) >= 11 is 0. The average molecular weight is 178 g/mol. The number of hydrogen-bond donors (Lipinski definition) is 2. The van der Waals surface area contributed by atoms with Crippen LogP contribution < -0.4 is 10.5 Å². The van der Waals surface area contributed by atoms with Gasteiger partial charge in [-0.05, 0) is 0 Å². The van der Waals surface area contributed by atoms with Crippen LogP contribution in [0.15, 0.2) is 0 Å². The van der Waals surface area contributed by atoms with E-state index in [-0.39, 0.29) is 24.0 Å². The molecule has 5 nitrogen and oxygen atoms in total. The van der Waals surface area contributed by atoms with Crippen LogP contribution in [0.3, 0.4) is 0 Å². The van der Waals surface area contributed by atoms with Crippen molar-refractivity contribution in [2.45, 2.75) is 6.42 Å². The summed E-state index contributed by atoms with van der Waals surface area (Å²) in [6, 6.07) is 0. The Morgan fingerprint density at radius 1 is 1.64 bits per heavy atom. The lowest BCUT2D eigenvalue weighted by molar-refractivity contribution is -0.119. The molecule has 6 heteroatoms. The number of sulfonamides is 1. The second-order valence-electron chi connectivity index (χ2n) is 2.70. The number of carbonyl (C=O) groups excluding carboxylic acids is 1. The molecule has 1 saturated heterocycles. The van der Waals surface area contributed by atoms with E-state index >= 15 is 0 Å². The number of rotatable bonds is 2. The third-order valence-corrected chi connectivity index (χ3v) is 2.47. The van der Waals surface area contributed by atoms with Crippen LogP contribution in [0.5, 0.6) is 0 Å². The third-order valence-electron chi connectivity index (χ3n) is 1.53. The fraction of sp³-hybridized carbons (Fsp3) is 0.800. The molecule has 11 heavy (non-hydrogen) atoms. The first-order valence-electron chi connectivity index (χ1n) is 3.24. The summed E-state index contributed by atoms with van der Waals surface area (Å²) < 4.78 is 21.1. The van der Waals surface area contributed by atoms with Gasteiger partial charge in [-0.3, -0.25) is 4.79 Å². The zero-order valence-electron chi connectivity index (χ0n) is 5.91. The van der Waals surface area contributed by atoms with E-state index in [4.69, 9.17) is 5.14 Å². The Hall–Kier alpha value is -0.620. The minimum Gasteiger partial charge on any atom is -0.356 e. The highest BCUT2D eigenvalue weighted by atomic mass is 32.2. The van der Waals surface area contributed by atoms with Crippen LogP contribution in [-0.2, 0) is 14.8 Å². The van der Waals surface area contributed by atoms with Crippen molar-refractivity contribution >= 4 is 15.9 Å². The van der Waals surface area contributed by atoms with Gasteiger partial charge in [-0.25, -0.2) is 13.6 Å². The molecule has 0 bridgehead atoms. The second-order valence-corrected chi connectivity index (χ2v) is 4.36. The van der Waals surface area contributed by atoms with Crippen molar-refractivity contribution in [1.29, 1.82) is 0 Å². The number of nitrogens with one attached hydrogen (secondary N) is 1. The molecule has 3 N–H and O–H groups in total. The number of primary sulfonamides is 1. The Bertz CT molecular complexity index is 259. The Morgan fingerprint density at radius 2 is 2.27 bits per heavy atom. The maximum Gasteiger partial charge on any atom is 0.220 e. The van der Waals surface area contributed by atoms with Gasteiger partial charge in [-0.15, -0.1) is 0 Å². The van der Waals surface area contributed by atoms with E-state index < -0.39 is 10.0 Å². The summed E-state index contributed by atoms with van der Waals surface area (Å²) in [4.78, 5) is 10.6. The molecule has 0 aromatic heterocycles. The standard InChI is InChI=1S/C5H10N2O3S/c6-11(9,10)3-4-1-5(8)7-2-4/h4H,1-3H2,(H,7,8)(H2,6,9,10). The van der Waals surface area contributed by atoms with Gasteiger partial charge in [-0.2, -0.15) is 0 Å². The van der Waals surface area contributed by atoms with Crippen LogP contribution in [0, 0.1) is 5.92 Å². The van der Waals surface area contributed by atoms with Gasteiger partial charge in [0.05, 0.1) is 5.75 Å². The predicted octanol–water partition coefficient (Wildman–Crippen LogP) is -1.59. The largest absolute Gasteiger partial charge is 0.356 e. The minimum absolute atomic E-state index is 0.0985. The van der Waals surface area contributed by atoms with Crippen molar-refractivity contribution < 1.29 is 13.2 Å². The second kappa shape index (κ2) is 2.78. The Morgan fingerprint density at radius 3 is 2.64 bits per heavy atom. The minimum atomic E-state index is -3.42. The van der Waals surface area contributed by atoms with E-state index in [1.165, 1.54) is 0 Å². The van der Waals surface area contributed by atoms with E-state index in [9.17, 15) is 13.2 Å². The summed E-state index contributed by atoms with van der Waals surface area (Å²) in [6.07, 6.45) is 0.274. The molecule has 1 rings (SSSR count). The normalized spacial score (nSPS) is 25.2. The lowest BCUT2D eigenvalue weighted by Gasteiger charge is -2.02. The van der Waals surface area contributed by atoms with Gasteiger partial charge in [-0.1, -0.05) is 0 Å². The fourth-order valence-electron chi connectivity index (χ4n) is 1.11. The molecular formula is C5H10N2O3S. The molecule has 0 aliphatic carbocycles. The van der Waals surface area contributed by atoms with E-state index in [2.05, 4.69) is 5.32 Å². The number of carbonyl (C=O) groups is 1. The highest BCUT2D eigenvalue weighted by molar-refractivity contribution is 7.89. The maximum absolute atomic E-state index is 10.6. The van der Waals surface area contributed by atoms with Crippen LogP contribution in [0.1, 0.15) is 6.42 Å². The zero-order chi connectivity index (χ0) is 8.48. The topological polar surface area (TPSA) is 89.3 Å². The van der Waals surface area contributed by atoms with Crippen molar-refractivity contribution in [2.24, 2.45) is 11.1 Å². The van der Waals surface area contributed by atoms with Gasteiger partial charge in [0.15, 0.2) is 0 Å². The summed E-state index contributed by atoms with van der Waals surface area (Å²) in [6.45, 7) is 0.426. The fourth-order valence-corrected chi connectivity index (χ4v) is 2.00. The van der Waals surface area contributed by atoms with Gasteiger partial charge in [0.1, 0.15) is 0 Å². The molecule has 1 amide bonds. The molecule has 1 aliphatic heterocycles. The van der Waals surface area contributed by atoms with Crippen molar-refractivity contribution in [3.63, 3.8) is 0 Å². The van der Waals surface area contributed by atoms with Crippen LogP contribution in [0.2, 0.25) is 0 Å². The van der Waals surface area contributed by atoms with Crippen LogP contribution in [-0.4, -0.2) is 26.6 Å². The highest BCUT2D eigenvalue weighted by Gasteiger charge is 2.24. The lowest BCUT2D eigenvalue weighted by atomic mass is 10.1. The highest BCUT2D eigenvalue weighted by Crippen LogP contribution is 2.09. The smallest absolute Gasteiger partial charge is 0.220 e. The first kappa shape index (κ1) is 8.48. The van der Waals surface area contributed by atoms with Crippen LogP contribution >= 0.6 is 0 Å². The molecule has 64 valence electrons. The number of amides is 1. The summed E-state index contributed by atoms with van der Waals surface area (Å²) in [5, 5.41) is 7.33. The van der Waals surface area contributed by atoms with E-state index in [1.807, 2.05) is 0 Å². The molecule has 1 fully saturated rings. The van der Waals surface area contributed by atoms with E-state index in [1.54, 1.807) is 0 Å². The van der Waals surface area contributed by atoms with Crippen molar-refractivity contribution in [3.8, 4) is 0 Å². The molecule has 0 spiro atoms. The van der Waals surface area contributed by atoms with E-state index in [0.717, 1.165) is 0 Å². The first-order valence-corrected chi connectivity index (χ1v) is 4.96. The number of nitrogens with two attached hydrogens (primary N) is 1. The maximum atomic E-state index is 10.6. The van der Waals surface area contributed by atoms with Gasteiger partial charge in [0.2, 0.25) is 15.9 Å². The predicted molar refractivity (Wildman–Crippen MR) is 39.1 cm³/mol. The molecule has 0 aromatic rings. The quantitative estimate of drug-likeness (QED) is 0.534. The van der Waals surface area contributed by atoms with Gasteiger partial charge in [0.25, 0.3) is 0 Å². The Labute approximate surface area is 65.0 Å². The molecule has 0 radical (unpaired) electrons. The third kappa shape index (κ3) is 2.85. The Kier molecular flexibility index (Phi) is 2.15. The van der Waals surface area contributed by atoms with Crippen molar-refractivity contribution in [3.05, 3.63) is 0 Å². The first-order chi connectivity index (χ1) is 4.97. The molecule has 0 saturated carbocycles. The molecule has 0 aromatic carbocycles. The average Bonchev–Trinajstić information content (AvgIpc) is 2.10. The van der Waals surface area contributed by atoms with E-state index in [0.29, 0.717) is 6.54 Å². The monoisotopic (exact) mass is 178 g/mol. The van der Waals surface area contributed by atoms with Gasteiger partial charge in [0, 0.05) is 18.9 Å². The number of hydrogen-bond acceptors (Lipinski definition) is 3. The van der Waals surface area contributed by atoms with Gasteiger partial charge >= 0.3 is 0 Å². The summed E-state index contributed by atoms with van der Waals surface area (Å²) in [5.41, 5.74) is 0. The summed E-state index contributed by atoms with van der Waals surface area (Å²) in [5.74, 6) is -0.345. The van der Waals surface area contributed by atoms with Crippen LogP contribution in [0.4, 0.5) is 0 Å². The lowest BCUT2D eigenvalue weighted by Crippen LogP contribution is -2.24. The molecule has 1 unspecified atom stereocenters. The molecule has 1 heterocycles. The van der Waals surface area contributed by atoms with Crippen molar-refractivity contribution in [1.82, 2.24) is 5.32 Å². The summed E-state index contributed by atoms with van der Waals surface area (Å²) in [7, 11) is -3.42. The molecule has 1 aliphatic rings. The van der Waals surface area contributed by atoms with Crippen LogP contribution in [0.25, 0.3) is 0 Å².